The number of carbonyl (C=O) groups excluding carboxylic acids is 1. The van der Waals surface area contributed by atoms with Gasteiger partial charge in [-0.15, -0.1) is 0 Å². The third-order valence-electron chi connectivity index (χ3n) is 5.65. The smallest absolute Gasteiger partial charge is 0.246 e. The molecule has 0 aromatic carbocycles. The highest BCUT2D eigenvalue weighted by Gasteiger charge is 2.28. The van der Waals surface area contributed by atoms with E-state index in [1.807, 2.05) is 67.7 Å². The molecule has 31 heavy (non-hydrogen) atoms. The van der Waals surface area contributed by atoms with Gasteiger partial charge in [0, 0.05) is 55.7 Å². The van der Waals surface area contributed by atoms with Gasteiger partial charge >= 0.3 is 0 Å². The lowest BCUT2D eigenvalue weighted by atomic mass is 10.0. The van der Waals surface area contributed by atoms with Crippen LogP contribution in [0, 0.1) is 20.8 Å². The first-order valence-electron chi connectivity index (χ1n) is 10.4. The SMILES string of the molecule is Cc1nc(Nc2ccccn2)cc([C@@H]2CCN(C(=O)/C=C/c3c(C)nn(C)c3C)C2)n1. The molecule has 3 aromatic rings. The molecule has 1 fully saturated rings. The molecule has 1 saturated heterocycles. The fraction of sp³-hybridized carbons (Fsp3) is 0.348. The van der Waals surface area contributed by atoms with Crippen molar-refractivity contribution in [2.45, 2.75) is 33.1 Å². The van der Waals surface area contributed by atoms with E-state index >= 15 is 0 Å². The second-order valence-corrected chi connectivity index (χ2v) is 7.88. The van der Waals surface area contributed by atoms with Crippen molar-refractivity contribution in [1.82, 2.24) is 29.6 Å². The number of aromatic nitrogens is 5. The predicted octanol–water partition coefficient (Wildman–Crippen LogP) is 3.30. The van der Waals surface area contributed by atoms with Crippen LogP contribution in [0.3, 0.4) is 0 Å². The zero-order valence-corrected chi connectivity index (χ0v) is 18.3. The molecule has 1 aliphatic rings. The van der Waals surface area contributed by atoms with Crippen molar-refractivity contribution in [3.05, 3.63) is 65.0 Å². The molecule has 1 aliphatic heterocycles. The van der Waals surface area contributed by atoms with Crippen LogP contribution in [0.5, 0.6) is 0 Å². The minimum Gasteiger partial charge on any atom is -0.338 e. The Morgan fingerprint density at radius 1 is 1.19 bits per heavy atom. The number of anilines is 2. The van der Waals surface area contributed by atoms with Crippen LogP contribution in [0.15, 0.2) is 36.5 Å². The van der Waals surface area contributed by atoms with Crippen LogP contribution < -0.4 is 5.32 Å². The van der Waals surface area contributed by atoms with E-state index in [-0.39, 0.29) is 11.8 Å². The van der Waals surface area contributed by atoms with Gasteiger partial charge in [-0.25, -0.2) is 15.0 Å². The fourth-order valence-electron chi connectivity index (χ4n) is 3.92. The molecule has 4 heterocycles. The van der Waals surface area contributed by atoms with Crippen molar-refractivity contribution in [3.63, 3.8) is 0 Å². The summed E-state index contributed by atoms with van der Waals surface area (Å²) in [4.78, 5) is 28.0. The average Bonchev–Trinajstić information content (AvgIpc) is 3.32. The second-order valence-electron chi connectivity index (χ2n) is 7.88. The van der Waals surface area contributed by atoms with E-state index in [4.69, 9.17) is 0 Å². The number of hydrogen-bond acceptors (Lipinski definition) is 6. The van der Waals surface area contributed by atoms with Gasteiger partial charge in [-0.1, -0.05) is 6.07 Å². The molecule has 1 N–H and O–H groups in total. The Balaban J connectivity index is 1.44. The number of nitrogens with one attached hydrogen (secondary N) is 1. The third-order valence-corrected chi connectivity index (χ3v) is 5.65. The summed E-state index contributed by atoms with van der Waals surface area (Å²) in [6.07, 6.45) is 6.14. The minimum absolute atomic E-state index is 0.0164. The fourth-order valence-corrected chi connectivity index (χ4v) is 3.92. The highest BCUT2D eigenvalue weighted by molar-refractivity contribution is 5.92. The number of hydrogen-bond donors (Lipinski definition) is 1. The molecule has 0 aliphatic carbocycles. The van der Waals surface area contributed by atoms with E-state index in [1.54, 1.807) is 12.3 Å². The maximum atomic E-state index is 12.8. The quantitative estimate of drug-likeness (QED) is 0.641. The van der Waals surface area contributed by atoms with Crippen molar-refractivity contribution in [2.24, 2.45) is 7.05 Å². The number of carbonyl (C=O) groups is 1. The van der Waals surface area contributed by atoms with E-state index < -0.39 is 0 Å². The van der Waals surface area contributed by atoms with Gasteiger partial charge in [-0.05, 0) is 45.4 Å². The molecule has 1 atom stereocenters. The van der Waals surface area contributed by atoms with Gasteiger partial charge in [-0.3, -0.25) is 9.48 Å². The van der Waals surface area contributed by atoms with Crippen LogP contribution in [0.2, 0.25) is 0 Å². The van der Waals surface area contributed by atoms with Gasteiger partial charge in [0.05, 0.1) is 11.4 Å². The Morgan fingerprint density at radius 3 is 2.74 bits per heavy atom. The Bertz CT molecular complexity index is 1120. The van der Waals surface area contributed by atoms with Crippen LogP contribution >= 0.6 is 0 Å². The van der Waals surface area contributed by atoms with Crippen molar-refractivity contribution >= 4 is 23.6 Å². The van der Waals surface area contributed by atoms with Gasteiger partial charge < -0.3 is 10.2 Å². The summed E-state index contributed by atoms with van der Waals surface area (Å²) in [6, 6.07) is 7.65. The lowest BCUT2D eigenvalue weighted by Crippen LogP contribution is -2.26. The number of aryl methyl sites for hydroxylation is 3. The molecular formula is C23H27N7O. The van der Waals surface area contributed by atoms with Gasteiger partial charge in [-0.2, -0.15) is 5.10 Å². The van der Waals surface area contributed by atoms with Crippen LogP contribution in [0.4, 0.5) is 11.6 Å². The first-order valence-corrected chi connectivity index (χ1v) is 10.4. The molecule has 0 bridgehead atoms. The Kier molecular flexibility index (Phi) is 5.79. The largest absolute Gasteiger partial charge is 0.338 e. The summed E-state index contributed by atoms with van der Waals surface area (Å²) < 4.78 is 1.83. The Hall–Kier alpha value is -3.55. The average molecular weight is 418 g/mol. The summed E-state index contributed by atoms with van der Waals surface area (Å²) in [5.41, 5.74) is 3.92. The zero-order chi connectivity index (χ0) is 22.0. The summed E-state index contributed by atoms with van der Waals surface area (Å²) in [5, 5.41) is 7.63. The van der Waals surface area contributed by atoms with Crippen LogP contribution in [0.1, 0.15) is 40.8 Å². The lowest BCUT2D eigenvalue weighted by Gasteiger charge is -2.15. The van der Waals surface area contributed by atoms with E-state index in [9.17, 15) is 4.79 Å². The Morgan fingerprint density at radius 2 is 2.03 bits per heavy atom. The number of pyridine rings is 1. The topological polar surface area (TPSA) is 88.8 Å². The van der Waals surface area contributed by atoms with E-state index in [2.05, 4.69) is 25.4 Å². The predicted molar refractivity (Wildman–Crippen MR) is 120 cm³/mol. The monoisotopic (exact) mass is 417 g/mol. The maximum Gasteiger partial charge on any atom is 0.246 e. The van der Waals surface area contributed by atoms with Crippen molar-refractivity contribution in [1.29, 1.82) is 0 Å². The summed E-state index contributed by atoms with van der Waals surface area (Å²) in [6.45, 7) is 7.20. The molecule has 4 rings (SSSR count). The molecule has 160 valence electrons. The highest BCUT2D eigenvalue weighted by atomic mass is 16.2. The van der Waals surface area contributed by atoms with Crippen molar-refractivity contribution < 1.29 is 4.79 Å². The standard InChI is InChI=1S/C23H27N7O/c1-15-19(16(2)29(4)28-15)8-9-23(31)30-12-10-18(14-30)20-13-22(26-17(3)25-20)27-21-7-5-6-11-24-21/h5-9,11,13,18H,10,12,14H2,1-4H3,(H,24,25,26,27)/b9-8+/t18-/m1/s1. The van der Waals surface area contributed by atoms with Crippen molar-refractivity contribution in [2.75, 3.05) is 18.4 Å². The first kappa shape index (κ1) is 20.7. The lowest BCUT2D eigenvalue weighted by molar-refractivity contribution is -0.124. The molecule has 0 saturated carbocycles. The summed E-state index contributed by atoms with van der Waals surface area (Å²) >= 11 is 0. The van der Waals surface area contributed by atoms with Crippen LogP contribution in [0.25, 0.3) is 6.08 Å². The van der Waals surface area contributed by atoms with Crippen LogP contribution in [-0.4, -0.2) is 48.6 Å². The summed E-state index contributed by atoms with van der Waals surface area (Å²) in [7, 11) is 1.91. The number of nitrogens with zero attached hydrogens (tertiary/aromatic N) is 6. The second kappa shape index (κ2) is 8.67. The van der Waals surface area contributed by atoms with E-state index in [0.717, 1.165) is 34.9 Å². The van der Waals surface area contributed by atoms with Crippen molar-refractivity contribution in [3.8, 4) is 0 Å². The molecule has 0 spiro atoms. The highest BCUT2D eigenvalue weighted by Crippen LogP contribution is 2.28. The Labute approximate surface area is 182 Å². The normalized spacial score (nSPS) is 16.3. The maximum absolute atomic E-state index is 12.8. The van der Waals surface area contributed by atoms with E-state index in [1.165, 1.54) is 0 Å². The molecule has 0 radical (unpaired) electrons. The van der Waals surface area contributed by atoms with Gasteiger partial charge in [0.1, 0.15) is 17.5 Å². The zero-order valence-electron chi connectivity index (χ0n) is 18.3. The molecule has 8 nitrogen and oxygen atoms in total. The van der Waals surface area contributed by atoms with Gasteiger partial charge in [0.15, 0.2) is 0 Å². The number of likely N-dealkylation sites (tertiary alicyclic amines) is 1. The van der Waals surface area contributed by atoms with E-state index in [0.29, 0.717) is 24.7 Å². The first-order chi connectivity index (χ1) is 14.9. The molecule has 8 heteroatoms. The van der Waals surface area contributed by atoms with Gasteiger partial charge in [0.25, 0.3) is 0 Å². The molecule has 3 aromatic heterocycles. The third kappa shape index (κ3) is 4.63. The molecule has 1 amide bonds. The molecular weight excluding hydrogens is 390 g/mol. The number of amides is 1. The summed E-state index contributed by atoms with van der Waals surface area (Å²) in [5.74, 6) is 2.35. The molecule has 0 unspecified atom stereocenters. The van der Waals surface area contributed by atoms with Crippen LogP contribution in [-0.2, 0) is 11.8 Å². The van der Waals surface area contributed by atoms with Gasteiger partial charge in [0.2, 0.25) is 5.91 Å². The number of rotatable bonds is 5. The minimum atomic E-state index is 0.0164.